The van der Waals surface area contributed by atoms with Crippen molar-refractivity contribution in [3.05, 3.63) is 68.5 Å². The van der Waals surface area contributed by atoms with Gasteiger partial charge in [-0.2, -0.15) is 11.8 Å². The second-order valence-corrected chi connectivity index (χ2v) is 7.61. The minimum atomic E-state index is 0.686. The van der Waals surface area contributed by atoms with Crippen LogP contribution in [-0.4, -0.2) is 18.8 Å². The van der Waals surface area contributed by atoms with Crippen LogP contribution < -0.4 is 5.32 Å². The molecule has 2 aliphatic carbocycles. The van der Waals surface area contributed by atoms with E-state index in [9.17, 15) is 0 Å². The molecule has 1 aromatic rings. The van der Waals surface area contributed by atoms with Gasteiger partial charge in [0.2, 0.25) is 0 Å². The van der Waals surface area contributed by atoms with E-state index in [4.69, 9.17) is 23.2 Å². The van der Waals surface area contributed by atoms with Crippen molar-refractivity contribution in [2.24, 2.45) is 5.92 Å². The Morgan fingerprint density at radius 3 is 2.17 bits per heavy atom. The first kappa shape index (κ1) is 18.7. The molecule has 1 atom stereocenters. The topological polar surface area (TPSA) is 12.0 Å². The Morgan fingerprint density at radius 1 is 1.04 bits per heavy atom. The SMILES string of the molecule is CCNCC(C)CSCc1ccc(Cl)cc1Cl.c1cc2ccc1=2. The Balaban J connectivity index is 0.000000260. The third kappa shape index (κ3) is 6.04. The maximum Gasteiger partial charge on any atom is 0.0461 e. The van der Waals surface area contributed by atoms with Crippen molar-refractivity contribution in [2.75, 3.05) is 18.8 Å². The maximum absolute atomic E-state index is 6.12. The Labute approximate surface area is 153 Å². The molecule has 23 heavy (non-hydrogen) atoms. The van der Waals surface area contributed by atoms with Crippen molar-refractivity contribution < 1.29 is 0 Å². The Bertz CT molecular complexity index is 667. The van der Waals surface area contributed by atoms with Crippen LogP contribution in [-0.2, 0) is 5.75 Å². The molecule has 1 N–H and O–H groups in total. The van der Waals surface area contributed by atoms with Gasteiger partial charge in [0.1, 0.15) is 0 Å². The zero-order chi connectivity index (χ0) is 16.7. The van der Waals surface area contributed by atoms with Crippen LogP contribution in [0.5, 0.6) is 0 Å². The third-order valence-electron chi connectivity index (χ3n) is 3.64. The summed E-state index contributed by atoms with van der Waals surface area (Å²) in [6.45, 7) is 6.52. The van der Waals surface area contributed by atoms with Gasteiger partial charge in [0.15, 0.2) is 0 Å². The van der Waals surface area contributed by atoms with E-state index in [1.807, 2.05) is 23.9 Å². The van der Waals surface area contributed by atoms with Gasteiger partial charge in [0.25, 0.3) is 0 Å². The molecular weight excluding hydrogens is 345 g/mol. The highest BCUT2D eigenvalue weighted by Gasteiger charge is 2.04. The summed E-state index contributed by atoms with van der Waals surface area (Å²) in [4.78, 5) is 0. The molecule has 0 heterocycles. The van der Waals surface area contributed by atoms with E-state index in [1.54, 1.807) is 6.07 Å². The lowest BCUT2D eigenvalue weighted by Gasteiger charge is -2.11. The molecule has 0 saturated carbocycles. The minimum absolute atomic E-state index is 0.686. The smallest absolute Gasteiger partial charge is 0.0461 e. The first-order valence-corrected chi connectivity index (χ1v) is 9.84. The molecule has 0 spiro atoms. The van der Waals surface area contributed by atoms with E-state index < -0.39 is 0 Å². The standard InChI is InChI=1S/C13H19Cl2NS.C6H4/c1-3-16-7-10(2)8-17-9-11-4-5-12(14)6-13(11)15;1-2-6-4-3-5(1)6/h4-6,10,16H,3,7-9H2,1-2H3;1-4H. The fourth-order valence-electron chi connectivity index (χ4n) is 2.12. The lowest BCUT2D eigenvalue weighted by Crippen LogP contribution is -2.21. The summed E-state index contributed by atoms with van der Waals surface area (Å²) in [6, 6.07) is 14.2. The number of nitrogens with one attached hydrogen (secondary N) is 1. The number of halogens is 2. The normalized spacial score (nSPS) is 12.3. The zero-order valence-electron chi connectivity index (χ0n) is 13.6. The average Bonchev–Trinajstić information content (AvgIpc) is 2.51. The summed E-state index contributed by atoms with van der Waals surface area (Å²) in [6.07, 6.45) is 0. The van der Waals surface area contributed by atoms with E-state index in [2.05, 4.69) is 43.4 Å². The predicted molar refractivity (Wildman–Crippen MR) is 104 cm³/mol. The molecule has 1 aromatic carbocycles. The highest BCUT2D eigenvalue weighted by molar-refractivity contribution is 7.98. The second-order valence-electron chi connectivity index (χ2n) is 5.74. The lowest BCUT2D eigenvalue weighted by atomic mass is 10.1. The summed E-state index contributed by atoms with van der Waals surface area (Å²) in [5.74, 6) is 2.78. The highest BCUT2D eigenvalue weighted by Crippen LogP contribution is 2.25. The van der Waals surface area contributed by atoms with Crippen LogP contribution in [0.1, 0.15) is 19.4 Å². The first-order valence-electron chi connectivity index (χ1n) is 7.93. The minimum Gasteiger partial charge on any atom is -0.317 e. The second kappa shape index (κ2) is 9.58. The lowest BCUT2D eigenvalue weighted by molar-refractivity contribution is 0.574. The van der Waals surface area contributed by atoms with Crippen LogP contribution in [0.25, 0.3) is 0 Å². The molecule has 0 bridgehead atoms. The van der Waals surface area contributed by atoms with Crippen LogP contribution >= 0.6 is 35.0 Å². The van der Waals surface area contributed by atoms with Crippen molar-refractivity contribution in [3.8, 4) is 0 Å². The summed E-state index contributed by atoms with van der Waals surface area (Å²) < 4.78 is 0. The molecule has 0 aromatic heterocycles. The van der Waals surface area contributed by atoms with Gasteiger partial charge in [0, 0.05) is 15.8 Å². The van der Waals surface area contributed by atoms with Gasteiger partial charge < -0.3 is 5.32 Å². The van der Waals surface area contributed by atoms with Gasteiger partial charge in [-0.05, 0) is 52.9 Å². The molecule has 2 aliphatic rings. The molecule has 0 radical (unpaired) electrons. The molecule has 1 unspecified atom stereocenters. The summed E-state index contributed by atoms with van der Waals surface area (Å²) in [7, 11) is 0. The van der Waals surface area contributed by atoms with E-state index >= 15 is 0 Å². The van der Waals surface area contributed by atoms with Gasteiger partial charge in [-0.1, -0.05) is 67.4 Å². The van der Waals surface area contributed by atoms with Crippen LogP contribution in [0, 0.1) is 16.4 Å². The first-order chi connectivity index (χ1) is 11.1. The molecule has 0 aliphatic heterocycles. The zero-order valence-corrected chi connectivity index (χ0v) is 15.9. The third-order valence-corrected chi connectivity index (χ3v) is 5.54. The molecule has 0 fully saturated rings. The van der Waals surface area contributed by atoms with E-state index in [0.29, 0.717) is 10.9 Å². The number of rotatable bonds is 7. The Kier molecular flexibility index (Phi) is 7.78. The summed E-state index contributed by atoms with van der Waals surface area (Å²) >= 11 is 13.9. The van der Waals surface area contributed by atoms with Crippen molar-refractivity contribution in [3.63, 3.8) is 0 Å². The van der Waals surface area contributed by atoms with Gasteiger partial charge in [0.05, 0.1) is 0 Å². The molecule has 0 amide bonds. The molecule has 3 rings (SSSR count). The van der Waals surface area contributed by atoms with Crippen LogP contribution in [0.3, 0.4) is 0 Å². The van der Waals surface area contributed by atoms with Gasteiger partial charge in [-0.15, -0.1) is 0 Å². The Morgan fingerprint density at radius 2 is 1.70 bits per heavy atom. The molecule has 4 heteroatoms. The van der Waals surface area contributed by atoms with Crippen molar-refractivity contribution in [1.82, 2.24) is 5.32 Å². The molecule has 0 saturated heterocycles. The fourth-order valence-corrected chi connectivity index (χ4v) is 3.79. The van der Waals surface area contributed by atoms with Gasteiger partial charge in [-0.3, -0.25) is 0 Å². The van der Waals surface area contributed by atoms with Gasteiger partial charge in [-0.25, -0.2) is 0 Å². The number of hydrogen-bond acceptors (Lipinski definition) is 2. The largest absolute Gasteiger partial charge is 0.317 e. The number of benzene rings is 2. The van der Waals surface area contributed by atoms with Crippen molar-refractivity contribution in [1.29, 1.82) is 0 Å². The average molecular weight is 368 g/mol. The maximum atomic E-state index is 6.12. The molecular formula is C19H23Cl2NS. The Hall–Kier alpha value is -0.670. The number of hydrogen-bond donors (Lipinski definition) is 1. The number of thioether (sulfide) groups is 1. The molecule has 124 valence electrons. The van der Waals surface area contributed by atoms with E-state index in [0.717, 1.165) is 35.2 Å². The van der Waals surface area contributed by atoms with Crippen LogP contribution in [0.4, 0.5) is 0 Å². The quantitative estimate of drug-likeness (QED) is 0.569. The molecule has 1 nitrogen and oxygen atoms in total. The fraction of sp³-hybridized carbons (Fsp3) is 0.368. The predicted octanol–water partition coefficient (Wildman–Crippen LogP) is 5.76. The van der Waals surface area contributed by atoms with E-state index in [-0.39, 0.29) is 0 Å². The van der Waals surface area contributed by atoms with Gasteiger partial charge >= 0.3 is 0 Å². The van der Waals surface area contributed by atoms with Crippen molar-refractivity contribution in [2.45, 2.75) is 19.6 Å². The summed E-state index contributed by atoms with van der Waals surface area (Å²) in [5, 5.41) is 7.68. The van der Waals surface area contributed by atoms with Crippen LogP contribution in [0.15, 0.2) is 42.5 Å². The van der Waals surface area contributed by atoms with E-state index in [1.165, 1.54) is 10.4 Å². The van der Waals surface area contributed by atoms with Crippen molar-refractivity contribution >= 4 is 35.0 Å². The highest BCUT2D eigenvalue weighted by atomic mass is 35.5. The van der Waals surface area contributed by atoms with Crippen LogP contribution in [0.2, 0.25) is 10.0 Å². The monoisotopic (exact) mass is 367 g/mol. The summed E-state index contributed by atoms with van der Waals surface area (Å²) in [5.41, 5.74) is 1.16.